The van der Waals surface area contributed by atoms with E-state index >= 15 is 0 Å². The minimum absolute atomic E-state index is 0.0417. The van der Waals surface area contributed by atoms with Crippen molar-refractivity contribution in [1.82, 2.24) is 5.32 Å². The zero-order valence-corrected chi connectivity index (χ0v) is 13.2. The Kier molecular flexibility index (Phi) is 6.31. The molecule has 0 spiro atoms. The minimum Gasteiger partial charge on any atom is -0.352 e. The van der Waals surface area contributed by atoms with Crippen molar-refractivity contribution >= 4 is 5.91 Å². The van der Waals surface area contributed by atoms with Crippen molar-refractivity contribution in [3.8, 4) is 0 Å². The van der Waals surface area contributed by atoms with Gasteiger partial charge in [0.15, 0.2) is 0 Å². The van der Waals surface area contributed by atoms with E-state index in [1.54, 1.807) is 0 Å². The highest BCUT2D eigenvalue weighted by atomic mass is 16.2. The van der Waals surface area contributed by atoms with Crippen molar-refractivity contribution in [2.24, 2.45) is 17.1 Å². The van der Waals surface area contributed by atoms with Crippen LogP contribution in [-0.4, -0.2) is 18.0 Å². The van der Waals surface area contributed by atoms with Crippen LogP contribution < -0.4 is 11.1 Å². The standard InChI is InChI=1S/C16H32N2O/c1-5-7-14(17)15(19)18-13-10-8-12(9-11-13)16(3,4)6-2/h12-14H,5-11,17H2,1-4H3,(H,18,19)/t12?,13?,14-/m0/s1. The van der Waals surface area contributed by atoms with E-state index in [1.165, 1.54) is 19.3 Å². The molecule has 0 aromatic rings. The fourth-order valence-electron chi connectivity index (χ4n) is 3.06. The predicted molar refractivity (Wildman–Crippen MR) is 80.8 cm³/mol. The van der Waals surface area contributed by atoms with Gasteiger partial charge >= 0.3 is 0 Å². The van der Waals surface area contributed by atoms with Crippen LogP contribution in [0.3, 0.4) is 0 Å². The van der Waals surface area contributed by atoms with Crippen molar-refractivity contribution in [3.63, 3.8) is 0 Å². The van der Waals surface area contributed by atoms with Crippen molar-refractivity contribution in [3.05, 3.63) is 0 Å². The molecule has 0 unspecified atom stereocenters. The van der Waals surface area contributed by atoms with E-state index in [2.05, 4.69) is 33.0 Å². The van der Waals surface area contributed by atoms with Crippen LogP contribution in [0.1, 0.15) is 72.6 Å². The molecular weight excluding hydrogens is 236 g/mol. The van der Waals surface area contributed by atoms with E-state index in [9.17, 15) is 4.79 Å². The highest BCUT2D eigenvalue weighted by Gasteiger charge is 2.32. The first-order chi connectivity index (χ1) is 8.90. The molecule has 0 heterocycles. The number of nitrogens with two attached hydrogens (primary N) is 1. The molecule has 3 nitrogen and oxygen atoms in total. The van der Waals surface area contributed by atoms with Crippen LogP contribution >= 0.6 is 0 Å². The Morgan fingerprint density at radius 1 is 1.26 bits per heavy atom. The van der Waals surface area contributed by atoms with Gasteiger partial charge in [0.1, 0.15) is 0 Å². The Balaban J connectivity index is 2.36. The molecule has 3 N–H and O–H groups in total. The van der Waals surface area contributed by atoms with Crippen molar-refractivity contribution in [2.75, 3.05) is 0 Å². The first-order valence-corrected chi connectivity index (χ1v) is 7.96. The summed E-state index contributed by atoms with van der Waals surface area (Å²) in [5.41, 5.74) is 6.29. The van der Waals surface area contributed by atoms with Gasteiger partial charge in [0, 0.05) is 6.04 Å². The van der Waals surface area contributed by atoms with Gasteiger partial charge in [0.05, 0.1) is 6.04 Å². The van der Waals surface area contributed by atoms with Crippen LogP contribution in [0.25, 0.3) is 0 Å². The zero-order valence-electron chi connectivity index (χ0n) is 13.2. The Morgan fingerprint density at radius 2 is 1.84 bits per heavy atom. The summed E-state index contributed by atoms with van der Waals surface area (Å²) >= 11 is 0. The lowest BCUT2D eigenvalue weighted by Gasteiger charge is -2.39. The molecule has 0 aliphatic heterocycles. The molecule has 112 valence electrons. The van der Waals surface area contributed by atoms with Gasteiger partial charge in [-0.15, -0.1) is 0 Å². The van der Waals surface area contributed by atoms with E-state index < -0.39 is 0 Å². The summed E-state index contributed by atoms with van der Waals surface area (Å²) in [5.74, 6) is 0.843. The monoisotopic (exact) mass is 268 g/mol. The molecule has 3 heteroatoms. The highest BCUT2D eigenvalue weighted by molar-refractivity contribution is 5.81. The fourth-order valence-corrected chi connectivity index (χ4v) is 3.06. The SMILES string of the molecule is CCC[C@H](N)C(=O)NC1CCC(C(C)(C)CC)CC1. The molecule has 1 aliphatic carbocycles. The van der Waals surface area contributed by atoms with Gasteiger partial charge in [-0.25, -0.2) is 0 Å². The summed E-state index contributed by atoms with van der Waals surface area (Å²) in [6.45, 7) is 9.07. The molecule has 0 aromatic heterocycles. The fraction of sp³-hybridized carbons (Fsp3) is 0.938. The van der Waals surface area contributed by atoms with Gasteiger partial charge in [0.2, 0.25) is 5.91 Å². The molecular formula is C16H32N2O. The van der Waals surface area contributed by atoms with Gasteiger partial charge < -0.3 is 11.1 Å². The average Bonchev–Trinajstić information content (AvgIpc) is 2.39. The van der Waals surface area contributed by atoms with E-state index in [0.717, 1.165) is 31.6 Å². The van der Waals surface area contributed by atoms with Crippen LogP contribution in [0.5, 0.6) is 0 Å². The van der Waals surface area contributed by atoms with Crippen molar-refractivity contribution < 1.29 is 4.79 Å². The van der Waals surface area contributed by atoms with Gasteiger partial charge in [-0.2, -0.15) is 0 Å². The summed E-state index contributed by atoms with van der Waals surface area (Å²) in [5, 5.41) is 3.13. The molecule has 0 aromatic carbocycles. The second-order valence-electron chi connectivity index (χ2n) is 6.79. The van der Waals surface area contributed by atoms with Crippen LogP contribution in [0.2, 0.25) is 0 Å². The summed E-state index contributed by atoms with van der Waals surface area (Å²) in [4.78, 5) is 11.9. The van der Waals surface area contributed by atoms with Crippen LogP contribution in [0.15, 0.2) is 0 Å². The second kappa shape index (κ2) is 7.28. The van der Waals surface area contributed by atoms with E-state index in [4.69, 9.17) is 5.73 Å². The Bertz CT molecular complexity index is 280. The normalized spacial score (nSPS) is 25.9. The van der Waals surface area contributed by atoms with Crippen LogP contribution in [0.4, 0.5) is 0 Å². The first kappa shape index (κ1) is 16.5. The second-order valence-corrected chi connectivity index (χ2v) is 6.79. The Morgan fingerprint density at radius 3 is 2.32 bits per heavy atom. The molecule has 0 radical (unpaired) electrons. The van der Waals surface area contributed by atoms with Gasteiger partial charge in [-0.1, -0.05) is 40.5 Å². The van der Waals surface area contributed by atoms with Crippen molar-refractivity contribution in [1.29, 1.82) is 0 Å². The van der Waals surface area contributed by atoms with Crippen LogP contribution in [-0.2, 0) is 4.79 Å². The van der Waals surface area contributed by atoms with Gasteiger partial charge in [-0.05, 0) is 43.4 Å². The molecule has 19 heavy (non-hydrogen) atoms. The lowest BCUT2D eigenvalue weighted by molar-refractivity contribution is -0.123. The molecule has 1 rings (SSSR count). The van der Waals surface area contributed by atoms with E-state index in [1.807, 2.05) is 0 Å². The first-order valence-electron chi connectivity index (χ1n) is 7.96. The zero-order chi connectivity index (χ0) is 14.5. The molecule has 1 aliphatic rings. The largest absolute Gasteiger partial charge is 0.352 e. The molecule has 1 fully saturated rings. The lowest BCUT2D eigenvalue weighted by atomic mass is 9.69. The molecule has 1 saturated carbocycles. The predicted octanol–water partition coefficient (Wildman–Crippen LogP) is 3.23. The maximum atomic E-state index is 11.9. The molecule has 1 atom stereocenters. The van der Waals surface area contributed by atoms with Crippen LogP contribution in [0, 0.1) is 11.3 Å². The number of nitrogens with one attached hydrogen (secondary N) is 1. The summed E-state index contributed by atoms with van der Waals surface area (Å²) < 4.78 is 0. The van der Waals surface area contributed by atoms with E-state index in [0.29, 0.717) is 11.5 Å². The Labute approximate surface area is 118 Å². The topological polar surface area (TPSA) is 55.1 Å². The molecule has 1 amide bonds. The Hall–Kier alpha value is -0.570. The van der Waals surface area contributed by atoms with Crippen molar-refractivity contribution in [2.45, 2.75) is 84.7 Å². The number of carbonyl (C=O) groups excluding carboxylic acids is 1. The summed E-state index contributed by atoms with van der Waals surface area (Å²) in [7, 11) is 0. The molecule has 0 saturated heterocycles. The maximum absolute atomic E-state index is 11.9. The highest BCUT2D eigenvalue weighted by Crippen LogP contribution is 2.40. The quantitative estimate of drug-likeness (QED) is 0.777. The third kappa shape index (κ3) is 4.79. The number of carbonyl (C=O) groups is 1. The number of hydrogen-bond donors (Lipinski definition) is 2. The van der Waals surface area contributed by atoms with E-state index in [-0.39, 0.29) is 11.9 Å². The maximum Gasteiger partial charge on any atom is 0.237 e. The lowest BCUT2D eigenvalue weighted by Crippen LogP contribution is -2.47. The average molecular weight is 268 g/mol. The smallest absolute Gasteiger partial charge is 0.237 e. The third-order valence-corrected chi connectivity index (χ3v) is 5.03. The summed E-state index contributed by atoms with van der Waals surface area (Å²) in [6, 6.07) is 0.0223. The number of rotatable bonds is 6. The number of amides is 1. The summed E-state index contributed by atoms with van der Waals surface area (Å²) in [6.07, 6.45) is 7.66. The minimum atomic E-state index is -0.324. The van der Waals surface area contributed by atoms with Gasteiger partial charge in [0.25, 0.3) is 0 Å². The number of hydrogen-bond acceptors (Lipinski definition) is 2. The third-order valence-electron chi connectivity index (χ3n) is 5.03. The van der Waals surface area contributed by atoms with Gasteiger partial charge in [-0.3, -0.25) is 4.79 Å². The molecule has 0 bridgehead atoms.